The Morgan fingerprint density at radius 2 is 2.24 bits per heavy atom. The number of amides is 1. The first kappa shape index (κ1) is 20.1. The fourth-order valence-electron chi connectivity index (χ4n) is 3.50. The number of aromatic nitrogens is 3. The number of hydrogen-bond acceptors (Lipinski definition) is 7. The summed E-state index contributed by atoms with van der Waals surface area (Å²) in [6.45, 7) is 0.230. The molecule has 0 saturated carbocycles. The highest BCUT2D eigenvalue weighted by atomic mass is 32.2. The van der Waals surface area contributed by atoms with Crippen LogP contribution in [-0.4, -0.2) is 37.8 Å². The van der Waals surface area contributed by atoms with E-state index in [1.165, 1.54) is 16.6 Å². The van der Waals surface area contributed by atoms with Crippen LogP contribution in [0.15, 0.2) is 34.5 Å². The number of aryl methyl sites for hydroxylation is 2. The Bertz CT molecular complexity index is 1060. The predicted octanol–water partition coefficient (Wildman–Crippen LogP) is 2.42. The zero-order valence-corrected chi connectivity index (χ0v) is 17.4. The monoisotopic (exact) mass is 430 g/mol. The second-order valence-corrected chi connectivity index (χ2v) is 9.24. The SMILES string of the molecule is O=C(NCc1cccnc1)[C@@H](CCO)Sc1nc2sc3c(c2c(=O)[nH]1)CCCC3. The molecule has 1 atom stereocenters. The fourth-order valence-corrected chi connectivity index (χ4v) is 5.80. The van der Waals surface area contributed by atoms with Crippen molar-refractivity contribution in [3.05, 3.63) is 50.9 Å². The normalized spacial score (nSPS) is 14.5. The highest BCUT2D eigenvalue weighted by Gasteiger charge is 2.23. The summed E-state index contributed by atoms with van der Waals surface area (Å²) >= 11 is 2.77. The smallest absolute Gasteiger partial charge is 0.260 e. The molecular formula is C20H22N4O3S2. The average molecular weight is 431 g/mol. The van der Waals surface area contributed by atoms with Gasteiger partial charge in [0.2, 0.25) is 5.91 Å². The number of nitrogens with zero attached hydrogens (tertiary/aromatic N) is 2. The lowest BCUT2D eigenvalue weighted by Crippen LogP contribution is -2.33. The van der Waals surface area contributed by atoms with Crippen LogP contribution in [0.2, 0.25) is 0 Å². The molecule has 4 rings (SSSR count). The van der Waals surface area contributed by atoms with Gasteiger partial charge in [0.05, 0.1) is 10.6 Å². The van der Waals surface area contributed by atoms with Gasteiger partial charge in [0, 0.05) is 30.4 Å². The van der Waals surface area contributed by atoms with Gasteiger partial charge in [-0.05, 0) is 49.3 Å². The molecule has 0 radical (unpaired) electrons. The molecule has 3 aromatic rings. The van der Waals surface area contributed by atoms with Crippen LogP contribution in [-0.2, 0) is 24.2 Å². The molecule has 29 heavy (non-hydrogen) atoms. The van der Waals surface area contributed by atoms with Crippen molar-refractivity contribution in [1.82, 2.24) is 20.3 Å². The molecule has 1 aliphatic carbocycles. The Kier molecular flexibility index (Phi) is 6.27. The average Bonchev–Trinajstić information content (AvgIpc) is 3.11. The van der Waals surface area contributed by atoms with Gasteiger partial charge in [-0.3, -0.25) is 14.6 Å². The molecule has 152 valence electrons. The van der Waals surface area contributed by atoms with E-state index in [1.807, 2.05) is 12.1 Å². The second kappa shape index (κ2) is 9.06. The van der Waals surface area contributed by atoms with Crippen molar-refractivity contribution < 1.29 is 9.90 Å². The van der Waals surface area contributed by atoms with E-state index in [0.717, 1.165) is 41.6 Å². The number of fused-ring (bicyclic) bond motifs is 3. The van der Waals surface area contributed by atoms with Gasteiger partial charge in [0.1, 0.15) is 4.83 Å². The number of nitrogens with one attached hydrogen (secondary N) is 2. The number of carbonyl (C=O) groups is 1. The van der Waals surface area contributed by atoms with Gasteiger partial charge in [-0.15, -0.1) is 11.3 Å². The lowest BCUT2D eigenvalue weighted by Gasteiger charge is -2.15. The van der Waals surface area contributed by atoms with Crippen LogP contribution < -0.4 is 10.9 Å². The first-order chi connectivity index (χ1) is 14.2. The maximum atomic E-state index is 12.7. The van der Waals surface area contributed by atoms with Gasteiger partial charge in [-0.1, -0.05) is 17.8 Å². The Morgan fingerprint density at radius 3 is 3.03 bits per heavy atom. The van der Waals surface area contributed by atoms with Crippen molar-refractivity contribution in [2.45, 2.75) is 49.1 Å². The minimum atomic E-state index is -0.549. The van der Waals surface area contributed by atoms with Gasteiger partial charge in [-0.25, -0.2) is 4.98 Å². The molecule has 0 aromatic carbocycles. The molecule has 1 aliphatic rings. The van der Waals surface area contributed by atoms with Gasteiger partial charge < -0.3 is 15.4 Å². The summed E-state index contributed by atoms with van der Waals surface area (Å²) in [5.41, 5.74) is 1.89. The highest BCUT2D eigenvalue weighted by Crippen LogP contribution is 2.34. The predicted molar refractivity (Wildman–Crippen MR) is 114 cm³/mol. The number of aliphatic hydroxyl groups excluding tert-OH is 1. The lowest BCUT2D eigenvalue weighted by atomic mass is 9.97. The van der Waals surface area contributed by atoms with Crippen LogP contribution in [0, 0.1) is 0 Å². The van der Waals surface area contributed by atoms with Gasteiger partial charge >= 0.3 is 0 Å². The third-order valence-electron chi connectivity index (χ3n) is 4.93. The number of rotatable bonds is 7. The molecule has 9 heteroatoms. The van der Waals surface area contributed by atoms with Crippen molar-refractivity contribution in [3.63, 3.8) is 0 Å². The van der Waals surface area contributed by atoms with E-state index in [2.05, 4.69) is 20.3 Å². The van der Waals surface area contributed by atoms with Crippen molar-refractivity contribution in [2.24, 2.45) is 0 Å². The number of aliphatic hydroxyl groups is 1. The molecule has 0 bridgehead atoms. The Hall–Kier alpha value is -2.23. The number of thiophene rings is 1. The molecular weight excluding hydrogens is 408 g/mol. The Balaban J connectivity index is 1.52. The maximum absolute atomic E-state index is 12.7. The van der Waals surface area contributed by atoms with Crippen molar-refractivity contribution in [3.8, 4) is 0 Å². The molecule has 7 nitrogen and oxygen atoms in total. The van der Waals surface area contributed by atoms with Crippen molar-refractivity contribution in [2.75, 3.05) is 6.61 Å². The number of thioether (sulfide) groups is 1. The molecule has 3 aromatic heterocycles. The molecule has 0 fully saturated rings. The van der Waals surface area contributed by atoms with Crippen molar-refractivity contribution >= 4 is 39.2 Å². The van der Waals surface area contributed by atoms with Crippen LogP contribution in [0.1, 0.15) is 35.3 Å². The maximum Gasteiger partial charge on any atom is 0.260 e. The van der Waals surface area contributed by atoms with Gasteiger partial charge in [0.15, 0.2) is 5.16 Å². The zero-order chi connectivity index (χ0) is 20.2. The van der Waals surface area contributed by atoms with E-state index in [-0.39, 0.29) is 24.5 Å². The van der Waals surface area contributed by atoms with Crippen LogP contribution >= 0.6 is 23.1 Å². The zero-order valence-electron chi connectivity index (χ0n) is 15.8. The number of aromatic amines is 1. The number of pyridine rings is 1. The van der Waals surface area contributed by atoms with E-state index in [1.54, 1.807) is 23.7 Å². The summed E-state index contributed by atoms with van der Waals surface area (Å²) in [4.78, 5) is 38.8. The van der Waals surface area contributed by atoms with Crippen LogP contribution in [0.4, 0.5) is 0 Å². The Labute approximate surface area is 176 Å². The third-order valence-corrected chi connectivity index (χ3v) is 7.27. The fraction of sp³-hybridized carbons (Fsp3) is 0.400. The highest BCUT2D eigenvalue weighted by molar-refractivity contribution is 8.00. The summed E-state index contributed by atoms with van der Waals surface area (Å²) in [6, 6.07) is 3.69. The van der Waals surface area contributed by atoms with Gasteiger partial charge in [-0.2, -0.15) is 0 Å². The minimum Gasteiger partial charge on any atom is -0.396 e. The summed E-state index contributed by atoms with van der Waals surface area (Å²) in [5, 5.41) is 12.8. The molecule has 3 heterocycles. The summed E-state index contributed by atoms with van der Waals surface area (Å²) < 4.78 is 0. The van der Waals surface area contributed by atoms with E-state index in [0.29, 0.717) is 17.1 Å². The second-order valence-electron chi connectivity index (χ2n) is 6.96. The first-order valence-corrected chi connectivity index (χ1v) is 11.3. The molecule has 0 spiro atoms. The van der Waals surface area contributed by atoms with Crippen LogP contribution in [0.5, 0.6) is 0 Å². The van der Waals surface area contributed by atoms with Crippen molar-refractivity contribution in [1.29, 1.82) is 0 Å². The van der Waals surface area contributed by atoms with Crippen LogP contribution in [0.25, 0.3) is 10.2 Å². The number of carbonyl (C=O) groups excluding carboxylic acids is 1. The molecule has 0 aliphatic heterocycles. The number of H-pyrrole nitrogens is 1. The summed E-state index contributed by atoms with van der Waals surface area (Å²) in [5.74, 6) is -0.207. The standard InChI is InChI=1S/C20H22N4O3S2/c25-9-7-15(17(26)22-11-12-4-3-8-21-10-12)29-20-23-18(27)16-13-5-1-2-6-14(13)28-19(16)24-20/h3-4,8,10,15,25H,1-2,5-7,9,11H2,(H,22,26)(H,23,24,27)/t15-/m1/s1. The van der Waals surface area contributed by atoms with E-state index < -0.39 is 5.25 Å². The van der Waals surface area contributed by atoms with Gasteiger partial charge in [0.25, 0.3) is 5.56 Å². The first-order valence-electron chi connectivity index (χ1n) is 9.64. The van der Waals surface area contributed by atoms with Crippen LogP contribution in [0.3, 0.4) is 0 Å². The summed E-state index contributed by atoms with van der Waals surface area (Å²) in [6.07, 6.45) is 7.82. The molecule has 1 amide bonds. The third kappa shape index (κ3) is 4.52. The molecule has 0 saturated heterocycles. The van der Waals surface area contributed by atoms with E-state index in [9.17, 15) is 14.7 Å². The number of hydrogen-bond donors (Lipinski definition) is 3. The largest absolute Gasteiger partial charge is 0.396 e. The summed E-state index contributed by atoms with van der Waals surface area (Å²) in [7, 11) is 0. The van der Waals surface area contributed by atoms with E-state index >= 15 is 0 Å². The quantitative estimate of drug-likeness (QED) is 0.392. The Morgan fingerprint density at radius 1 is 1.38 bits per heavy atom. The lowest BCUT2D eigenvalue weighted by molar-refractivity contribution is -0.121. The minimum absolute atomic E-state index is 0.127. The van der Waals surface area contributed by atoms with E-state index in [4.69, 9.17) is 0 Å². The molecule has 0 unspecified atom stereocenters. The topological polar surface area (TPSA) is 108 Å². The molecule has 3 N–H and O–H groups in total.